The molecule has 1 aromatic carbocycles. The maximum Gasteiger partial charge on any atom is 0.0721 e. The predicted molar refractivity (Wildman–Crippen MR) is 79.2 cm³/mol. The highest BCUT2D eigenvalue weighted by Crippen LogP contribution is 2.24. The van der Waals surface area contributed by atoms with Crippen LogP contribution in [0, 0.1) is 5.92 Å². The molecule has 0 amide bonds. The van der Waals surface area contributed by atoms with Gasteiger partial charge < -0.3 is 15.0 Å². The van der Waals surface area contributed by atoms with Crippen molar-refractivity contribution < 1.29 is 4.74 Å². The Morgan fingerprint density at radius 1 is 1.32 bits per heavy atom. The van der Waals surface area contributed by atoms with Crippen LogP contribution in [-0.2, 0) is 11.3 Å². The molecule has 0 saturated carbocycles. The number of likely N-dealkylation sites (N-methyl/N-ethyl adjacent to an activating group) is 1. The van der Waals surface area contributed by atoms with Gasteiger partial charge in [-0.05, 0) is 31.1 Å². The maximum atomic E-state index is 5.69. The molecule has 2 unspecified atom stereocenters. The summed E-state index contributed by atoms with van der Waals surface area (Å²) < 4.78 is 5.69. The van der Waals surface area contributed by atoms with Crippen LogP contribution >= 0.6 is 0 Å². The standard InChI is InChI=1S/C16H26N2O/c1-12(2)16(18(3)4)9-17-15-11-19-10-13-7-5-6-8-14(13)15/h5-8,12,15-17H,9-11H2,1-4H3. The minimum Gasteiger partial charge on any atom is -0.375 e. The average Bonchev–Trinajstić information content (AvgIpc) is 2.38. The van der Waals surface area contributed by atoms with Crippen LogP contribution in [0.25, 0.3) is 0 Å². The van der Waals surface area contributed by atoms with Gasteiger partial charge in [0.25, 0.3) is 0 Å². The number of benzene rings is 1. The normalized spacial score (nSPS) is 20.6. The van der Waals surface area contributed by atoms with Crippen LogP contribution in [0.5, 0.6) is 0 Å². The smallest absolute Gasteiger partial charge is 0.0721 e. The molecule has 1 aromatic rings. The number of fused-ring (bicyclic) bond motifs is 1. The molecule has 106 valence electrons. The summed E-state index contributed by atoms with van der Waals surface area (Å²) >= 11 is 0. The summed E-state index contributed by atoms with van der Waals surface area (Å²) in [6, 6.07) is 9.46. The van der Waals surface area contributed by atoms with Gasteiger partial charge in [-0.2, -0.15) is 0 Å². The van der Waals surface area contributed by atoms with Gasteiger partial charge >= 0.3 is 0 Å². The van der Waals surface area contributed by atoms with Crippen molar-refractivity contribution >= 4 is 0 Å². The van der Waals surface area contributed by atoms with E-state index in [2.05, 4.69) is 62.4 Å². The summed E-state index contributed by atoms with van der Waals surface area (Å²) in [5.41, 5.74) is 2.72. The molecule has 0 aliphatic carbocycles. The fourth-order valence-electron chi connectivity index (χ4n) is 2.83. The third-order valence-electron chi connectivity index (χ3n) is 3.98. The first-order chi connectivity index (χ1) is 9.09. The highest BCUT2D eigenvalue weighted by atomic mass is 16.5. The lowest BCUT2D eigenvalue weighted by atomic mass is 9.97. The van der Waals surface area contributed by atoms with Crippen molar-refractivity contribution in [3.63, 3.8) is 0 Å². The average molecular weight is 262 g/mol. The van der Waals surface area contributed by atoms with Crippen molar-refractivity contribution in [1.82, 2.24) is 10.2 Å². The van der Waals surface area contributed by atoms with E-state index >= 15 is 0 Å². The second-order valence-corrected chi connectivity index (χ2v) is 5.95. The Kier molecular flexibility index (Phi) is 4.97. The molecule has 2 atom stereocenters. The summed E-state index contributed by atoms with van der Waals surface area (Å²) in [4.78, 5) is 2.30. The minimum absolute atomic E-state index is 0.325. The zero-order valence-electron chi connectivity index (χ0n) is 12.5. The molecule has 0 radical (unpaired) electrons. The van der Waals surface area contributed by atoms with Gasteiger partial charge in [-0.15, -0.1) is 0 Å². The van der Waals surface area contributed by atoms with Crippen molar-refractivity contribution in [2.45, 2.75) is 32.5 Å². The summed E-state index contributed by atoms with van der Waals surface area (Å²) in [6.07, 6.45) is 0. The molecule has 1 N–H and O–H groups in total. The fourth-order valence-corrected chi connectivity index (χ4v) is 2.83. The largest absolute Gasteiger partial charge is 0.375 e. The predicted octanol–water partition coefficient (Wildman–Crippen LogP) is 2.43. The summed E-state index contributed by atoms with van der Waals surface area (Å²) in [6.45, 7) is 7.06. The highest BCUT2D eigenvalue weighted by molar-refractivity contribution is 5.31. The lowest BCUT2D eigenvalue weighted by Gasteiger charge is -2.32. The first-order valence-electron chi connectivity index (χ1n) is 7.15. The van der Waals surface area contributed by atoms with Gasteiger partial charge in [-0.1, -0.05) is 38.1 Å². The molecule has 1 aliphatic rings. The fraction of sp³-hybridized carbons (Fsp3) is 0.625. The van der Waals surface area contributed by atoms with Crippen LogP contribution in [0.4, 0.5) is 0 Å². The van der Waals surface area contributed by atoms with Gasteiger partial charge in [0.05, 0.1) is 19.3 Å². The van der Waals surface area contributed by atoms with Crippen molar-refractivity contribution in [3.05, 3.63) is 35.4 Å². The van der Waals surface area contributed by atoms with E-state index in [-0.39, 0.29) is 0 Å². The number of nitrogens with one attached hydrogen (secondary N) is 1. The van der Waals surface area contributed by atoms with Gasteiger partial charge in [0.15, 0.2) is 0 Å². The quantitative estimate of drug-likeness (QED) is 0.882. The molecule has 2 rings (SSSR count). The Labute approximate surface area is 116 Å². The van der Waals surface area contributed by atoms with E-state index in [9.17, 15) is 0 Å². The first-order valence-corrected chi connectivity index (χ1v) is 7.15. The molecule has 0 aromatic heterocycles. The van der Waals surface area contributed by atoms with Crippen LogP contribution in [0.15, 0.2) is 24.3 Å². The molecule has 3 nitrogen and oxygen atoms in total. The van der Waals surface area contributed by atoms with Crippen molar-refractivity contribution in [3.8, 4) is 0 Å². The lowest BCUT2D eigenvalue weighted by Crippen LogP contribution is -2.44. The van der Waals surface area contributed by atoms with Crippen LogP contribution < -0.4 is 5.32 Å². The van der Waals surface area contributed by atoms with E-state index in [1.165, 1.54) is 11.1 Å². The Morgan fingerprint density at radius 2 is 2.05 bits per heavy atom. The molecule has 0 bridgehead atoms. The van der Waals surface area contributed by atoms with Gasteiger partial charge in [-0.25, -0.2) is 0 Å². The number of hydrogen-bond acceptors (Lipinski definition) is 3. The molecular formula is C16H26N2O. The lowest BCUT2D eigenvalue weighted by molar-refractivity contribution is 0.0783. The van der Waals surface area contributed by atoms with E-state index in [0.717, 1.165) is 19.8 Å². The van der Waals surface area contributed by atoms with Gasteiger partial charge in [0.2, 0.25) is 0 Å². The first kappa shape index (κ1) is 14.5. The topological polar surface area (TPSA) is 24.5 Å². The SMILES string of the molecule is CC(C)C(CNC1COCc2ccccc21)N(C)C. The van der Waals surface area contributed by atoms with E-state index in [1.807, 2.05) is 0 Å². The molecule has 3 heteroatoms. The molecular weight excluding hydrogens is 236 g/mol. The number of hydrogen-bond donors (Lipinski definition) is 1. The second-order valence-electron chi connectivity index (χ2n) is 5.95. The van der Waals surface area contributed by atoms with Crippen LogP contribution in [0.2, 0.25) is 0 Å². The molecule has 1 aliphatic heterocycles. The third kappa shape index (κ3) is 3.56. The monoisotopic (exact) mass is 262 g/mol. The summed E-state index contributed by atoms with van der Waals surface area (Å²) in [5.74, 6) is 0.641. The number of nitrogens with zero attached hydrogens (tertiary/aromatic N) is 1. The molecule has 1 heterocycles. The molecule has 0 saturated heterocycles. The summed E-state index contributed by atoms with van der Waals surface area (Å²) in [5, 5.41) is 3.67. The van der Waals surface area contributed by atoms with Crippen molar-refractivity contribution in [1.29, 1.82) is 0 Å². The van der Waals surface area contributed by atoms with Crippen LogP contribution in [0.1, 0.15) is 31.0 Å². The Morgan fingerprint density at radius 3 is 2.74 bits per heavy atom. The maximum absolute atomic E-state index is 5.69. The highest BCUT2D eigenvalue weighted by Gasteiger charge is 2.22. The van der Waals surface area contributed by atoms with E-state index in [4.69, 9.17) is 4.74 Å². The zero-order valence-corrected chi connectivity index (χ0v) is 12.5. The van der Waals surface area contributed by atoms with Gasteiger partial charge in [0, 0.05) is 12.6 Å². The van der Waals surface area contributed by atoms with Crippen molar-refractivity contribution in [2.24, 2.45) is 5.92 Å². The second kappa shape index (κ2) is 6.51. The number of rotatable bonds is 5. The van der Waals surface area contributed by atoms with Gasteiger partial charge in [0.1, 0.15) is 0 Å². The third-order valence-corrected chi connectivity index (χ3v) is 3.98. The molecule has 0 fully saturated rings. The van der Waals surface area contributed by atoms with Crippen LogP contribution in [0.3, 0.4) is 0 Å². The molecule has 0 spiro atoms. The van der Waals surface area contributed by atoms with Crippen molar-refractivity contribution in [2.75, 3.05) is 27.2 Å². The number of ether oxygens (including phenoxy) is 1. The Hall–Kier alpha value is -0.900. The van der Waals surface area contributed by atoms with Gasteiger partial charge in [-0.3, -0.25) is 0 Å². The summed E-state index contributed by atoms with van der Waals surface area (Å²) in [7, 11) is 4.30. The molecule has 19 heavy (non-hydrogen) atoms. The Bertz CT molecular complexity index is 395. The Balaban J connectivity index is 2.01. The van der Waals surface area contributed by atoms with E-state index in [1.54, 1.807) is 0 Å². The van der Waals surface area contributed by atoms with Crippen LogP contribution in [-0.4, -0.2) is 38.2 Å². The van der Waals surface area contributed by atoms with E-state index in [0.29, 0.717) is 18.0 Å². The zero-order chi connectivity index (χ0) is 13.8. The van der Waals surface area contributed by atoms with E-state index < -0.39 is 0 Å². The minimum atomic E-state index is 0.325.